The maximum Gasteiger partial charge on any atom is 0.263 e. The van der Waals surface area contributed by atoms with E-state index in [-0.39, 0.29) is 34.0 Å². The fourth-order valence-corrected chi connectivity index (χ4v) is 7.82. The number of nitrogens with zero attached hydrogens (tertiary/aromatic N) is 4. The third-order valence-corrected chi connectivity index (χ3v) is 10.8. The number of carbonyl (C=O) groups is 2. The van der Waals surface area contributed by atoms with Crippen molar-refractivity contribution in [3.05, 3.63) is 64.4 Å². The van der Waals surface area contributed by atoms with Crippen LogP contribution in [0.25, 0.3) is 11.1 Å². The third-order valence-electron chi connectivity index (χ3n) is 8.94. The topological polar surface area (TPSA) is 125 Å². The summed E-state index contributed by atoms with van der Waals surface area (Å²) in [5, 5.41) is 3.83. The largest absolute Gasteiger partial charge is 0.358 e. The predicted molar refractivity (Wildman–Crippen MR) is 179 cm³/mol. The van der Waals surface area contributed by atoms with Crippen molar-refractivity contribution in [1.29, 1.82) is 0 Å². The second-order valence-corrected chi connectivity index (χ2v) is 14.0. The summed E-state index contributed by atoms with van der Waals surface area (Å²) in [4.78, 5) is 35.9. The van der Waals surface area contributed by atoms with E-state index in [4.69, 9.17) is 21.1 Å². The molecule has 0 saturated heterocycles. The lowest BCUT2D eigenvalue weighted by atomic mass is 9.94. The highest BCUT2D eigenvalue weighted by atomic mass is 35.5. The predicted octanol–water partition coefficient (Wildman–Crippen LogP) is 6.76. The zero-order chi connectivity index (χ0) is 33.1. The Bertz CT molecular complexity index is 1740. The number of amides is 2. The number of hydrogen-bond donors (Lipinski definition) is 1. The molecule has 1 aliphatic heterocycles. The molecule has 1 aliphatic carbocycles. The van der Waals surface area contributed by atoms with Crippen LogP contribution >= 0.6 is 11.6 Å². The second-order valence-electron chi connectivity index (χ2n) is 12.0. The van der Waals surface area contributed by atoms with Gasteiger partial charge < -0.3 is 9.42 Å². The van der Waals surface area contributed by atoms with E-state index in [2.05, 4.69) is 16.8 Å². The summed E-state index contributed by atoms with van der Waals surface area (Å²) in [6.45, 7) is 9.01. The summed E-state index contributed by atoms with van der Waals surface area (Å²) >= 11 is 6.21. The molecule has 1 N–H and O–H groups in total. The molecule has 1 spiro atoms. The van der Waals surface area contributed by atoms with E-state index in [1.807, 2.05) is 36.9 Å². The molecule has 1 fully saturated rings. The molecule has 2 amide bonds. The minimum absolute atomic E-state index is 0.00267. The monoisotopic (exact) mass is 667 g/mol. The highest BCUT2D eigenvalue weighted by molar-refractivity contribution is 7.92. The van der Waals surface area contributed by atoms with Gasteiger partial charge >= 0.3 is 0 Å². The first-order valence-corrected chi connectivity index (χ1v) is 17.9. The number of anilines is 1. The fraction of sp³-hybridized carbons (Fsp3) is 0.471. The smallest absolute Gasteiger partial charge is 0.263 e. The number of benzene rings is 2. The van der Waals surface area contributed by atoms with Gasteiger partial charge in [0.15, 0.2) is 5.76 Å². The van der Waals surface area contributed by atoms with Crippen molar-refractivity contribution in [2.24, 2.45) is 4.99 Å². The number of halogens is 1. The summed E-state index contributed by atoms with van der Waals surface area (Å²) in [6, 6.07) is 12.3. The Balaban J connectivity index is 1.54. The number of likely N-dealkylation sites (N-methyl/N-ethyl adjacent to an activating group) is 1. The van der Waals surface area contributed by atoms with E-state index >= 15 is 0 Å². The molecule has 12 heteroatoms. The van der Waals surface area contributed by atoms with E-state index in [0.717, 1.165) is 56.3 Å². The molecular weight excluding hydrogens is 626 g/mol. The summed E-state index contributed by atoms with van der Waals surface area (Å²) in [5.41, 5.74) is 1.90. The molecule has 2 heterocycles. The van der Waals surface area contributed by atoms with Gasteiger partial charge in [-0.3, -0.25) is 24.2 Å². The lowest BCUT2D eigenvalue weighted by molar-refractivity contribution is -0.131. The average molecular weight is 668 g/mol. The molecule has 5 rings (SSSR count). The van der Waals surface area contributed by atoms with Crippen molar-refractivity contribution in [3.63, 3.8) is 0 Å². The first-order valence-electron chi connectivity index (χ1n) is 16.1. The van der Waals surface area contributed by atoms with Gasteiger partial charge in [0.05, 0.1) is 17.9 Å². The molecule has 2 aliphatic rings. The Morgan fingerprint density at radius 3 is 2.46 bits per heavy atom. The Hall–Kier alpha value is -3.70. The minimum Gasteiger partial charge on any atom is -0.358 e. The second kappa shape index (κ2) is 14.0. The summed E-state index contributed by atoms with van der Waals surface area (Å²) in [7, 11) is -4.16. The highest BCUT2D eigenvalue weighted by Gasteiger charge is 2.49. The number of carbonyl (C=O) groups excluding carboxylic acids is 2. The molecule has 10 nitrogen and oxygen atoms in total. The number of amidine groups is 1. The first kappa shape index (κ1) is 33.7. The van der Waals surface area contributed by atoms with Crippen LogP contribution in [0, 0.1) is 6.92 Å². The molecule has 246 valence electrons. The van der Waals surface area contributed by atoms with Gasteiger partial charge in [0.1, 0.15) is 16.4 Å². The number of sulfonamides is 1. The van der Waals surface area contributed by atoms with Gasteiger partial charge in [-0.1, -0.05) is 79.3 Å². The van der Waals surface area contributed by atoms with Crippen LogP contribution in [0.4, 0.5) is 5.82 Å². The third kappa shape index (κ3) is 6.71. The number of rotatable bonds is 13. The molecule has 3 aromatic rings. The maximum absolute atomic E-state index is 13.8. The van der Waals surface area contributed by atoms with Crippen molar-refractivity contribution in [1.82, 2.24) is 15.0 Å². The lowest BCUT2D eigenvalue weighted by Gasteiger charge is -2.24. The van der Waals surface area contributed by atoms with Crippen LogP contribution in [0.2, 0.25) is 5.02 Å². The lowest BCUT2D eigenvalue weighted by Crippen LogP contribution is -2.40. The standard InChI is InChI=1S/C34H42ClN5O5S/c1-5-8-15-29-36-34(18-11-12-19-34)33(42)40(29)22-24-16-17-26(25(20-24)21-30(41)39(6-2)7-3)27-13-9-10-14-28(27)46(43,44)38-32-31(35)23(4)45-37-32/h9-10,13-14,16-17,20H,5-8,11-12,15,18-19,21-22H2,1-4H3,(H,37,38). The number of aromatic nitrogens is 1. The van der Waals surface area contributed by atoms with Gasteiger partial charge in [-0.05, 0) is 62.8 Å². The molecule has 0 unspecified atom stereocenters. The summed E-state index contributed by atoms with van der Waals surface area (Å²) < 4.78 is 34.9. The summed E-state index contributed by atoms with van der Waals surface area (Å²) in [5.74, 6) is 1.02. The van der Waals surface area contributed by atoms with Crippen LogP contribution in [0.15, 0.2) is 56.9 Å². The average Bonchev–Trinajstić information content (AvgIpc) is 3.71. The number of hydrogen-bond acceptors (Lipinski definition) is 7. The van der Waals surface area contributed by atoms with Crippen molar-refractivity contribution in [3.8, 4) is 11.1 Å². The zero-order valence-electron chi connectivity index (χ0n) is 26.9. The van der Waals surface area contributed by atoms with E-state index in [1.54, 1.807) is 30.0 Å². The molecule has 46 heavy (non-hydrogen) atoms. The molecule has 1 saturated carbocycles. The van der Waals surface area contributed by atoms with Gasteiger partial charge in [-0.25, -0.2) is 8.42 Å². The van der Waals surface area contributed by atoms with Crippen molar-refractivity contribution < 1.29 is 22.5 Å². The molecule has 0 radical (unpaired) electrons. The van der Waals surface area contributed by atoms with Gasteiger partial charge in [0, 0.05) is 25.1 Å². The zero-order valence-corrected chi connectivity index (χ0v) is 28.5. The minimum atomic E-state index is -4.16. The van der Waals surface area contributed by atoms with Gasteiger partial charge in [0.25, 0.3) is 15.9 Å². The molecule has 0 bridgehead atoms. The summed E-state index contributed by atoms with van der Waals surface area (Å²) in [6.07, 6.45) is 6.29. The maximum atomic E-state index is 13.8. The van der Waals surface area contributed by atoms with Crippen LogP contribution in [0.5, 0.6) is 0 Å². The molecule has 1 aromatic heterocycles. The van der Waals surface area contributed by atoms with E-state index in [9.17, 15) is 18.0 Å². The first-order chi connectivity index (χ1) is 22.0. The van der Waals surface area contributed by atoms with Crippen LogP contribution in [0.3, 0.4) is 0 Å². The van der Waals surface area contributed by atoms with E-state index < -0.39 is 15.6 Å². The van der Waals surface area contributed by atoms with Crippen molar-refractivity contribution in [2.75, 3.05) is 17.8 Å². The molecular formula is C34H42ClN5O5S. The quantitative estimate of drug-likeness (QED) is 0.215. The van der Waals surface area contributed by atoms with Gasteiger partial charge in [-0.15, -0.1) is 0 Å². The highest BCUT2D eigenvalue weighted by Crippen LogP contribution is 2.40. The Morgan fingerprint density at radius 2 is 1.80 bits per heavy atom. The van der Waals surface area contributed by atoms with Crippen LogP contribution in [-0.2, 0) is 32.6 Å². The fourth-order valence-electron chi connectivity index (χ4n) is 6.42. The number of aliphatic imine (C=N–C) groups is 1. The van der Waals surface area contributed by atoms with Crippen LogP contribution < -0.4 is 4.72 Å². The van der Waals surface area contributed by atoms with Crippen molar-refractivity contribution >= 4 is 45.1 Å². The Kier molecular flexibility index (Phi) is 10.2. The number of aryl methyl sites for hydroxylation is 1. The number of nitrogens with one attached hydrogen (secondary N) is 1. The molecule has 2 aromatic carbocycles. The van der Waals surface area contributed by atoms with Gasteiger partial charge in [-0.2, -0.15) is 0 Å². The van der Waals surface area contributed by atoms with Crippen LogP contribution in [-0.4, -0.2) is 59.7 Å². The van der Waals surface area contributed by atoms with E-state index in [0.29, 0.717) is 42.1 Å². The van der Waals surface area contributed by atoms with Crippen molar-refractivity contribution in [2.45, 2.75) is 96.0 Å². The normalized spacial score (nSPS) is 15.9. The van der Waals surface area contributed by atoms with E-state index in [1.165, 1.54) is 6.07 Å². The number of unbranched alkanes of at least 4 members (excludes halogenated alkanes) is 1. The van der Waals surface area contributed by atoms with Gasteiger partial charge in [0.2, 0.25) is 11.7 Å². The SMILES string of the molecule is CCCCC1=NC2(CCCC2)C(=O)N1Cc1ccc(-c2ccccc2S(=O)(=O)Nc2noc(C)c2Cl)c(CC(=O)N(CC)CC)c1. The van der Waals surface area contributed by atoms with Crippen LogP contribution in [0.1, 0.15) is 82.6 Å². The Labute approximate surface area is 276 Å². The Morgan fingerprint density at radius 1 is 1.09 bits per heavy atom. The molecule has 0 atom stereocenters.